The van der Waals surface area contributed by atoms with Gasteiger partial charge in [-0.15, -0.1) is 0 Å². The summed E-state index contributed by atoms with van der Waals surface area (Å²) >= 11 is 3.50. The second-order valence-corrected chi connectivity index (χ2v) is 6.91. The van der Waals surface area contributed by atoms with Crippen molar-refractivity contribution in [2.75, 3.05) is 0 Å². The summed E-state index contributed by atoms with van der Waals surface area (Å²) in [6.07, 6.45) is 3.04. The molecule has 1 atom stereocenters. The molecule has 0 aromatic heterocycles. The van der Waals surface area contributed by atoms with E-state index >= 15 is 0 Å². The number of aryl methyl sites for hydroxylation is 2. The van der Waals surface area contributed by atoms with Gasteiger partial charge in [-0.05, 0) is 48.1 Å². The van der Waals surface area contributed by atoms with E-state index in [-0.39, 0.29) is 11.3 Å². The van der Waals surface area contributed by atoms with Gasteiger partial charge in [-0.25, -0.2) is 4.79 Å². The molecule has 0 aliphatic rings. The zero-order valence-corrected chi connectivity index (χ0v) is 13.7. The van der Waals surface area contributed by atoms with Crippen molar-refractivity contribution < 1.29 is 9.90 Å². The van der Waals surface area contributed by atoms with Crippen molar-refractivity contribution in [3.63, 3.8) is 0 Å². The number of carboxylic acids is 1. The SMILES string of the molecule is Cc1cc(Br)cc(C)c1C(/C=C/C(=O)O)C(C)(C)C. The summed E-state index contributed by atoms with van der Waals surface area (Å²) < 4.78 is 1.06. The molecule has 19 heavy (non-hydrogen) atoms. The van der Waals surface area contributed by atoms with Gasteiger partial charge in [0.2, 0.25) is 0 Å². The lowest BCUT2D eigenvalue weighted by Crippen LogP contribution is -2.19. The maximum absolute atomic E-state index is 10.8. The first-order valence-corrected chi connectivity index (χ1v) is 7.10. The van der Waals surface area contributed by atoms with Gasteiger partial charge >= 0.3 is 5.97 Å². The van der Waals surface area contributed by atoms with Crippen molar-refractivity contribution in [1.29, 1.82) is 0 Å². The Hall–Kier alpha value is -1.09. The number of allylic oxidation sites excluding steroid dienone is 1. The molecule has 1 rings (SSSR count). The van der Waals surface area contributed by atoms with E-state index in [0.717, 1.165) is 4.47 Å². The molecular formula is C16H21BrO2. The van der Waals surface area contributed by atoms with Gasteiger partial charge in [0, 0.05) is 16.5 Å². The predicted molar refractivity (Wildman–Crippen MR) is 82.6 cm³/mol. The third-order valence-electron chi connectivity index (χ3n) is 3.23. The number of hydrogen-bond acceptors (Lipinski definition) is 1. The van der Waals surface area contributed by atoms with Gasteiger partial charge < -0.3 is 5.11 Å². The van der Waals surface area contributed by atoms with E-state index in [4.69, 9.17) is 5.11 Å². The normalized spacial score (nSPS) is 13.8. The van der Waals surface area contributed by atoms with Crippen molar-refractivity contribution in [2.45, 2.75) is 40.5 Å². The van der Waals surface area contributed by atoms with Gasteiger partial charge in [-0.1, -0.05) is 42.8 Å². The van der Waals surface area contributed by atoms with Gasteiger partial charge in [-0.3, -0.25) is 0 Å². The summed E-state index contributed by atoms with van der Waals surface area (Å²) in [5.74, 6) is -0.821. The Kier molecular flexibility index (Phi) is 4.97. The number of hydrogen-bond donors (Lipinski definition) is 1. The predicted octanol–water partition coefficient (Wildman–Crippen LogP) is 4.84. The Balaban J connectivity index is 3.38. The van der Waals surface area contributed by atoms with Crippen LogP contribution in [0.15, 0.2) is 28.8 Å². The number of rotatable bonds is 3. The fourth-order valence-corrected chi connectivity index (χ4v) is 3.10. The molecule has 0 spiro atoms. The first kappa shape index (κ1) is 16.0. The molecule has 104 valence electrons. The van der Waals surface area contributed by atoms with Crippen molar-refractivity contribution in [3.05, 3.63) is 45.4 Å². The summed E-state index contributed by atoms with van der Waals surface area (Å²) in [6, 6.07) is 4.16. The van der Waals surface area contributed by atoms with Crippen LogP contribution in [0.5, 0.6) is 0 Å². The number of carboxylic acid groups (broad SMARTS) is 1. The minimum absolute atomic E-state index is 0.0324. The van der Waals surface area contributed by atoms with Crippen LogP contribution in [0.2, 0.25) is 0 Å². The van der Waals surface area contributed by atoms with Crippen molar-refractivity contribution >= 4 is 21.9 Å². The Morgan fingerprint density at radius 1 is 1.26 bits per heavy atom. The smallest absolute Gasteiger partial charge is 0.327 e. The zero-order valence-electron chi connectivity index (χ0n) is 12.1. The summed E-state index contributed by atoms with van der Waals surface area (Å²) in [5.41, 5.74) is 3.55. The zero-order chi connectivity index (χ0) is 14.8. The Bertz CT molecular complexity index is 487. The second-order valence-electron chi connectivity index (χ2n) is 5.99. The topological polar surface area (TPSA) is 37.3 Å². The molecule has 1 N–H and O–H groups in total. The van der Waals surface area contributed by atoms with Gasteiger partial charge in [0.1, 0.15) is 0 Å². The Morgan fingerprint density at radius 3 is 2.11 bits per heavy atom. The van der Waals surface area contributed by atoms with Crippen LogP contribution in [0.4, 0.5) is 0 Å². The highest BCUT2D eigenvalue weighted by atomic mass is 79.9. The minimum Gasteiger partial charge on any atom is -0.478 e. The number of halogens is 1. The molecule has 0 saturated heterocycles. The van der Waals surface area contributed by atoms with Crippen LogP contribution in [0.3, 0.4) is 0 Å². The van der Waals surface area contributed by atoms with E-state index in [1.54, 1.807) is 6.08 Å². The molecule has 0 radical (unpaired) electrons. The van der Waals surface area contributed by atoms with Crippen LogP contribution in [-0.4, -0.2) is 11.1 Å². The molecule has 0 fully saturated rings. The highest BCUT2D eigenvalue weighted by Gasteiger charge is 2.26. The van der Waals surface area contributed by atoms with Crippen LogP contribution < -0.4 is 0 Å². The fraction of sp³-hybridized carbons (Fsp3) is 0.438. The van der Waals surface area contributed by atoms with Crippen LogP contribution in [-0.2, 0) is 4.79 Å². The first-order valence-electron chi connectivity index (χ1n) is 6.30. The molecule has 0 heterocycles. The fourth-order valence-electron chi connectivity index (χ4n) is 2.41. The highest BCUT2D eigenvalue weighted by molar-refractivity contribution is 9.10. The maximum Gasteiger partial charge on any atom is 0.327 e. The molecule has 2 nitrogen and oxygen atoms in total. The molecule has 0 aliphatic heterocycles. The van der Waals surface area contributed by atoms with Crippen molar-refractivity contribution in [2.24, 2.45) is 5.41 Å². The monoisotopic (exact) mass is 324 g/mol. The van der Waals surface area contributed by atoms with Crippen LogP contribution in [0.25, 0.3) is 0 Å². The lowest BCUT2D eigenvalue weighted by molar-refractivity contribution is -0.131. The third kappa shape index (κ3) is 4.20. The standard InChI is InChI=1S/C16H21BrO2/c1-10-8-12(17)9-11(2)15(10)13(16(3,4)5)6-7-14(18)19/h6-9,13H,1-5H3,(H,18,19)/b7-6+. The molecule has 0 amide bonds. The number of carbonyl (C=O) groups is 1. The van der Waals surface area contributed by atoms with Gasteiger partial charge in [0.25, 0.3) is 0 Å². The van der Waals surface area contributed by atoms with Crippen molar-refractivity contribution in [3.8, 4) is 0 Å². The first-order chi connectivity index (χ1) is 8.62. The average Bonchev–Trinajstić information content (AvgIpc) is 2.19. The molecule has 0 bridgehead atoms. The van der Waals surface area contributed by atoms with E-state index in [9.17, 15) is 4.79 Å². The Labute approximate surface area is 123 Å². The number of benzene rings is 1. The van der Waals surface area contributed by atoms with E-state index in [1.165, 1.54) is 22.8 Å². The molecule has 1 aromatic rings. The molecular weight excluding hydrogens is 304 g/mol. The van der Waals surface area contributed by atoms with E-state index in [2.05, 4.69) is 62.7 Å². The Morgan fingerprint density at radius 2 is 1.74 bits per heavy atom. The molecule has 0 aliphatic carbocycles. The molecule has 1 unspecified atom stereocenters. The number of aliphatic carboxylic acids is 1. The van der Waals surface area contributed by atoms with Crippen molar-refractivity contribution in [1.82, 2.24) is 0 Å². The van der Waals surface area contributed by atoms with Crippen LogP contribution in [0, 0.1) is 19.3 Å². The van der Waals surface area contributed by atoms with Gasteiger partial charge in [-0.2, -0.15) is 0 Å². The highest BCUT2D eigenvalue weighted by Crippen LogP contribution is 2.40. The largest absolute Gasteiger partial charge is 0.478 e. The minimum atomic E-state index is -0.901. The maximum atomic E-state index is 10.8. The van der Waals surface area contributed by atoms with E-state index in [0.29, 0.717) is 0 Å². The van der Waals surface area contributed by atoms with E-state index in [1.807, 2.05) is 0 Å². The van der Waals surface area contributed by atoms with E-state index < -0.39 is 5.97 Å². The summed E-state index contributed by atoms with van der Waals surface area (Å²) in [7, 11) is 0. The molecule has 1 aromatic carbocycles. The average molecular weight is 325 g/mol. The quantitative estimate of drug-likeness (QED) is 0.808. The summed E-state index contributed by atoms with van der Waals surface area (Å²) in [4.78, 5) is 10.8. The van der Waals surface area contributed by atoms with Crippen LogP contribution >= 0.6 is 15.9 Å². The summed E-state index contributed by atoms with van der Waals surface area (Å²) in [5, 5.41) is 8.86. The van der Waals surface area contributed by atoms with Gasteiger partial charge in [0.05, 0.1) is 0 Å². The lowest BCUT2D eigenvalue weighted by atomic mass is 9.73. The van der Waals surface area contributed by atoms with Gasteiger partial charge in [0.15, 0.2) is 0 Å². The van der Waals surface area contributed by atoms with Crippen LogP contribution in [0.1, 0.15) is 43.4 Å². The lowest BCUT2D eigenvalue weighted by Gasteiger charge is -2.31. The second kappa shape index (κ2) is 5.91. The third-order valence-corrected chi connectivity index (χ3v) is 3.69. The summed E-state index contributed by atoms with van der Waals surface area (Å²) in [6.45, 7) is 10.5. The molecule has 0 saturated carbocycles. The molecule has 3 heteroatoms.